The van der Waals surface area contributed by atoms with Crippen molar-refractivity contribution in [3.63, 3.8) is 0 Å². The van der Waals surface area contributed by atoms with Gasteiger partial charge in [-0.05, 0) is 33.6 Å². The molecule has 0 aromatic rings. The normalized spacial score (nSPS) is 40.8. The summed E-state index contributed by atoms with van der Waals surface area (Å²) in [5.41, 5.74) is -1.01. The van der Waals surface area contributed by atoms with E-state index in [4.69, 9.17) is 9.47 Å². The number of Topliss-reactive ketones (excluding diaryl/α,β-unsaturated/α-hetero) is 1. The quantitative estimate of drug-likeness (QED) is 0.777. The van der Waals surface area contributed by atoms with Crippen LogP contribution in [-0.4, -0.2) is 40.8 Å². The van der Waals surface area contributed by atoms with Gasteiger partial charge in [-0.25, -0.2) is 0 Å². The standard InChI is InChI=1S/C15H24O5/c1-8(16)19-13-12(18)9-6-11(20-14(2,3)4)15(13,5)7-10(9)17/h9-11,13,17H,6-7H2,1-5H3/t9-,10-,11-,13-,15+/m0/s1. The largest absolute Gasteiger partial charge is 0.454 e. The Morgan fingerprint density at radius 1 is 1.40 bits per heavy atom. The first-order chi connectivity index (χ1) is 9.04. The molecule has 2 bridgehead atoms. The molecule has 0 unspecified atom stereocenters. The summed E-state index contributed by atoms with van der Waals surface area (Å²) in [6, 6.07) is 0. The number of rotatable bonds is 2. The minimum atomic E-state index is -0.811. The van der Waals surface area contributed by atoms with Gasteiger partial charge in [-0.1, -0.05) is 6.92 Å². The molecule has 5 atom stereocenters. The Morgan fingerprint density at radius 2 is 2.00 bits per heavy atom. The molecule has 0 heterocycles. The summed E-state index contributed by atoms with van der Waals surface area (Å²) in [7, 11) is 0. The second-order valence-corrected chi connectivity index (χ2v) is 7.23. The molecule has 3 aliphatic carbocycles. The van der Waals surface area contributed by atoms with E-state index in [-0.39, 0.29) is 17.5 Å². The van der Waals surface area contributed by atoms with E-state index in [1.165, 1.54) is 6.92 Å². The fraction of sp³-hybridized carbons (Fsp3) is 0.867. The Balaban J connectivity index is 2.31. The molecule has 0 spiro atoms. The molecule has 0 aliphatic heterocycles. The topological polar surface area (TPSA) is 72.8 Å². The summed E-state index contributed by atoms with van der Waals surface area (Å²) in [4.78, 5) is 23.6. The van der Waals surface area contributed by atoms with E-state index in [2.05, 4.69) is 0 Å². The van der Waals surface area contributed by atoms with E-state index in [1.54, 1.807) is 0 Å². The monoisotopic (exact) mass is 284 g/mol. The number of fused-ring (bicyclic) bond motifs is 3. The average Bonchev–Trinajstić information content (AvgIpc) is 2.24. The smallest absolute Gasteiger partial charge is 0.303 e. The highest BCUT2D eigenvalue weighted by molar-refractivity contribution is 5.90. The first-order valence-electron chi connectivity index (χ1n) is 7.11. The summed E-state index contributed by atoms with van der Waals surface area (Å²) >= 11 is 0. The number of hydrogen-bond acceptors (Lipinski definition) is 5. The number of ether oxygens (including phenoxy) is 2. The molecule has 3 saturated carbocycles. The average molecular weight is 284 g/mol. The van der Waals surface area contributed by atoms with Crippen LogP contribution in [0.3, 0.4) is 0 Å². The van der Waals surface area contributed by atoms with Gasteiger partial charge in [0, 0.05) is 12.3 Å². The highest BCUT2D eigenvalue weighted by atomic mass is 16.6. The lowest BCUT2D eigenvalue weighted by atomic mass is 9.56. The molecule has 0 saturated heterocycles. The van der Waals surface area contributed by atoms with Gasteiger partial charge in [-0.2, -0.15) is 0 Å². The molecule has 0 amide bonds. The third-order valence-corrected chi connectivity index (χ3v) is 4.32. The molecule has 0 aromatic carbocycles. The summed E-state index contributed by atoms with van der Waals surface area (Å²) in [6.45, 7) is 9.04. The van der Waals surface area contributed by atoms with Gasteiger partial charge in [-0.3, -0.25) is 9.59 Å². The number of aliphatic hydroxyl groups excluding tert-OH is 1. The number of ketones is 1. The maximum atomic E-state index is 12.4. The molecule has 1 N–H and O–H groups in total. The van der Waals surface area contributed by atoms with Gasteiger partial charge < -0.3 is 14.6 Å². The summed E-state index contributed by atoms with van der Waals surface area (Å²) in [5.74, 6) is -1.13. The van der Waals surface area contributed by atoms with Crippen LogP contribution in [0, 0.1) is 11.3 Å². The van der Waals surface area contributed by atoms with Crippen LogP contribution in [0.25, 0.3) is 0 Å². The minimum Gasteiger partial charge on any atom is -0.454 e. The number of esters is 1. The second-order valence-electron chi connectivity index (χ2n) is 7.23. The van der Waals surface area contributed by atoms with Gasteiger partial charge in [0.15, 0.2) is 11.9 Å². The van der Waals surface area contributed by atoms with E-state index in [9.17, 15) is 14.7 Å². The van der Waals surface area contributed by atoms with Crippen molar-refractivity contribution >= 4 is 11.8 Å². The molecule has 5 heteroatoms. The molecular formula is C15H24O5. The number of hydrogen-bond donors (Lipinski definition) is 1. The molecule has 3 aliphatic rings. The van der Waals surface area contributed by atoms with Crippen LogP contribution < -0.4 is 0 Å². The fourth-order valence-corrected chi connectivity index (χ4v) is 3.45. The lowest BCUT2D eigenvalue weighted by Crippen LogP contribution is -2.65. The maximum Gasteiger partial charge on any atom is 0.303 e. The highest BCUT2D eigenvalue weighted by Crippen LogP contribution is 2.51. The van der Waals surface area contributed by atoms with Crippen molar-refractivity contribution in [3.05, 3.63) is 0 Å². The van der Waals surface area contributed by atoms with Crippen molar-refractivity contribution in [2.75, 3.05) is 0 Å². The third-order valence-electron chi connectivity index (χ3n) is 4.32. The zero-order valence-corrected chi connectivity index (χ0v) is 12.8. The Kier molecular flexibility index (Phi) is 3.71. The lowest BCUT2D eigenvalue weighted by molar-refractivity contribution is -0.226. The van der Waals surface area contributed by atoms with Crippen molar-refractivity contribution < 1.29 is 24.2 Å². The van der Waals surface area contributed by atoms with E-state index in [0.717, 1.165) is 0 Å². The first kappa shape index (κ1) is 15.4. The van der Waals surface area contributed by atoms with Crippen molar-refractivity contribution in [1.82, 2.24) is 0 Å². The molecule has 20 heavy (non-hydrogen) atoms. The van der Waals surface area contributed by atoms with E-state index >= 15 is 0 Å². The second kappa shape index (κ2) is 4.81. The molecule has 3 fully saturated rings. The van der Waals surface area contributed by atoms with Crippen LogP contribution in [0.4, 0.5) is 0 Å². The third kappa shape index (κ3) is 2.61. The number of carbonyl (C=O) groups excluding carboxylic acids is 2. The van der Waals surface area contributed by atoms with Crippen molar-refractivity contribution in [3.8, 4) is 0 Å². The van der Waals surface area contributed by atoms with E-state index in [1.807, 2.05) is 27.7 Å². The zero-order chi connectivity index (χ0) is 15.3. The van der Waals surface area contributed by atoms with Crippen molar-refractivity contribution in [2.24, 2.45) is 11.3 Å². The maximum absolute atomic E-state index is 12.4. The highest BCUT2D eigenvalue weighted by Gasteiger charge is 2.62. The zero-order valence-electron chi connectivity index (χ0n) is 12.8. The van der Waals surface area contributed by atoms with E-state index < -0.39 is 29.5 Å². The van der Waals surface area contributed by atoms with Crippen molar-refractivity contribution in [1.29, 1.82) is 0 Å². The minimum absolute atomic E-state index is 0.171. The van der Waals surface area contributed by atoms with Crippen LogP contribution in [0.5, 0.6) is 0 Å². The summed E-state index contributed by atoms with van der Waals surface area (Å²) < 4.78 is 11.3. The van der Waals surface area contributed by atoms with Crippen LogP contribution in [-0.2, 0) is 19.1 Å². The fourth-order valence-electron chi connectivity index (χ4n) is 3.45. The SMILES string of the molecule is CC(=O)O[C@H]1C(=O)[C@H]2C[C@H](OC(C)(C)C)[C@@]1(C)C[C@@H]2O. The first-order valence-corrected chi connectivity index (χ1v) is 7.11. The summed E-state index contributed by atoms with van der Waals surface area (Å²) in [5, 5.41) is 10.1. The van der Waals surface area contributed by atoms with Crippen LogP contribution in [0.15, 0.2) is 0 Å². The number of aliphatic hydroxyl groups is 1. The molecule has 3 rings (SSSR count). The van der Waals surface area contributed by atoms with Gasteiger partial charge >= 0.3 is 5.97 Å². The molecular weight excluding hydrogens is 260 g/mol. The predicted molar refractivity (Wildman–Crippen MR) is 72.0 cm³/mol. The van der Waals surface area contributed by atoms with Gasteiger partial charge in [0.25, 0.3) is 0 Å². The van der Waals surface area contributed by atoms with Gasteiger partial charge in [0.2, 0.25) is 0 Å². The molecule has 0 radical (unpaired) electrons. The Labute approximate surface area is 119 Å². The van der Waals surface area contributed by atoms with E-state index in [0.29, 0.717) is 12.8 Å². The van der Waals surface area contributed by atoms with Gasteiger partial charge in [0.05, 0.1) is 23.7 Å². The molecule has 5 nitrogen and oxygen atoms in total. The Bertz CT molecular complexity index is 424. The Hall–Kier alpha value is -0.940. The summed E-state index contributed by atoms with van der Waals surface area (Å²) in [6.07, 6.45) is -0.764. The molecule has 114 valence electrons. The predicted octanol–water partition coefficient (Wildman–Crippen LogP) is 1.46. The van der Waals surface area contributed by atoms with Gasteiger partial charge in [0.1, 0.15) is 0 Å². The lowest BCUT2D eigenvalue weighted by Gasteiger charge is -2.55. The molecule has 0 aromatic heterocycles. The van der Waals surface area contributed by atoms with Crippen LogP contribution in [0.2, 0.25) is 0 Å². The van der Waals surface area contributed by atoms with Crippen LogP contribution in [0.1, 0.15) is 47.5 Å². The van der Waals surface area contributed by atoms with Crippen molar-refractivity contribution in [2.45, 2.75) is 71.4 Å². The Morgan fingerprint density at radius 3 is 2.50 bits per heavy atom. The van der Waals surface area contributed by atoms with Gasteiger partial charge in [-0.15, -0.1) is 0 Å². The van der Waals surface area contributed by atoms with Crippen LogP contribution >= 0.6 is 0 Å². The number of carbonyl (C=O) groups is 2.